The van der Waals surface area contributed by atoms with Crippen LogP contribution in [0.3, 0.4) is 0 Å². The van der Waals surface area contributed by atoms with Crippen LogP contribution in [0.5, 0.6) is 5.75 Å². The van der Waals surface area contributed by atoms with Crippen LogP contribution in [0.2, 0.25) is 0 Å². The summed E-state index contributed by atoms with van der Waals surface area (Å²) in [4.78, 5) is 12.2. The first-order valence-electron chi connectivity index (χ1n) is 6.61. The maximum Gasteiger partial charge on any atom is 0.407 e. The number of carboxylic acid groups (broad SMARTS) is 1. The van der Waals surface area contributed by atoms with E-state index in [0.29, 0.717) is 25.9 Å². The molecule has 1 fully saturated rings. The van der Waals surface area contributed by atoms with Crippen LogP contribution < -0.4 is 4.74 Å². The number of methoxy groups -OCH3 is 1. The summed E-state index contributed by atoms with van der Waals surface area (Å²) >= 11 is 0. The minimum absolute atomic E-state index is 0.0802. The first-order valence-corrected chi connectivity index (χ1v) is 6.61. The zero-order valence-corrected chi connectivity index (χ0v) is 11.6. The number of carbonyl (C=O) groups is 1. The lowest BCUT2D eigenvalue weighted by Gasteiger charge is -2.30. The fourth-order valence-corrected chi connectivity index (χ4v) is 2.57. The third kappa shape index (κ3) is 3.07. The van der Waals surface area contributed by atoms with E-state index in [-0.39, 0.29) is 22.9 Å². The Hall–Kier alpha value is -2.31. The van der Waals surface area contributed by atoms with Crippen LogP contribution in [0, 0.1) is 11.7 Å². The van der Waals surface area contributed by atoms with Crippen molar-refractivity contribution in [2.75, 3.05) is 20.2 Å². The summed E-state index contributed by atoms with van der Waals surface area (Å²) in [6.45, 7) is 0.676. The van der Waals surface area contributed by atoms with E-state index in [4.69, 9.17) is 9.84 Å². The van der Waals surface area contributed by atoms with Crippen molar-refractivity contribution < 1.29 is 24.2 Å². The van der Waals surface area contributed by atoms with Crippen molar-refractivity contribution in [3.63, 3.8) is 0 Å². The molecule has 0 bridgehead atoms. The molecule has 1 aliphatic rings. The zero-order valence-electron chi connectivity index (χ0n) is 11.6. The molecule has 0 aromatic heterocycles. The Morgan fingerprint density at radius 3 is 2.62 bits per heavy atom. The van der Waals surface area contributed by atoms with Crippen LogP contribution in [-0.4, -0.2) is 47.2 Å². The van der Waals surface area contributed by atoms with Gasteiger partial charge in [0.15, 0.2) is 11.6 Å². The molecule has 0 spiro atoms. The average Bonchev–Trinajstić information content (AvgIpc) is 2.50. The van der Waals surface area contributed by atoms with Crippen LogP contribution in [0.1, 0.15) is 18.4 Å². The summed E-state index contributed by atoms with van der Waals surface area (Å²) in [5.74, 6) is -0.683. The Labute approximate surface area is 121 Å². The van der Waals surface area contributed by atoms with E-state index in [9.17, 15) is 14.4 Å². The van der Waals surface area contributed by atoms with Crippen molar-refractivity contribution in [2.24, 2.45) is 11.1 Å². The van der Waals surface area contributed by atoms with Crippen LogP contribution >= 0.6 is 0 Å². The van der Waals surface area contributed by atoms with Crippen LogP contribution in [0.15, 0.2) is 23.4 Å². The lowest BCUT2D eigenvalue weighted by atomic mass is 9.88. The molecule has 0 unspecified atom stereocenters. The minimum atomic E-state index is -0.969. The molecule has 1 aromatic carbocycles. The fraction of sp³-hybridized carbons (Fsp3) is 0.429. The van der Waals surface area contributed by atoms with Gasteiger partial charge in [0.2, 0.25) is 0 Å². The number of rotatable bonds is 3. The van der Waals surface area contributed by atoms with E-state index in [0.717, 1.165) is 0 Å². The molecule has 1 saturated heterocycles. The third-order valence-electron chi connectivity index (χ3n) is 3.72. The van der Waals surface area contributed by atoms with E-state index < -0.39 is 11.9 Å². The summed E-state index contributed by atoms with van der Waals surface area (Å²) in [7, 11) is 1.36. The second-order valence-corrected chi connectivity index (χ2v) is 4.85. The largest absolute Gasteiger partial charge is 0.494 e. The molecule has 2 N–H and O–H groups in total. The Morgan fingerprint density at radius 1 is 1.43 bits per heavy atom. The van der Waals surface area contributed by atoms with Gasteiger partial charge in [0, 0.05) is 24.6 Å². The molecule has 114 valence electrons. The molecule has 7 heteroatoms. The molecule has 0 saturated carbocycles. The molecule has 2 rings (SSSR count). The lowest BCUT2D eigenvalue weighted by molar-refractivity contribution is 0.131. The first-order chi connectivity index (χ1) is 10.1. The van der Waals surface area contributed by atoms with Crippen molar-refractivity contribution in [1.29, 1.82) is 0 Å². The molecule has 1 aromatic rings. The molecular weight excluding hydrogens is 279 g/mol. The van der Waals surface area contributed by atoms with Gasteiger partial charge in [-0.15, -0.1) is 0 Å². The maximum absolute atomic E-state index is 14.2. The normalized spacial score (nSPS) is 16.9. The fourth-order valence-electron chi connectivity index (χ4n) is 2.57. The highest BCUT2D eigenvalue weighted by Crippen LogP contribution is 2.27. The van der Waals surface area contributed by atoms with Crippen molar-refractivity contribution >= 4 is 11.8 Å². The molecule has 0 aliphatic carbocycles. The molecule has 1 amide bonds. The number of hydrogen-bond acceptors (Lipinski definition) is 4. The van der Waals surface area contributed by atoms with Crippen molar-refractivity contribution in [3.05, 3.63) is 29.6 Å². The summed E-state index contributed by atoms with van der Waals surface area (Å²) in [5, 5.41) is 21.4. The van der Waals surface area contributed by atoms with Crippen molar-refractivity contribution in [3.8, 4) is 5.75 Å². The number of oxime groups is 1. The minimum Gasteiger partial charge on any atom is -0.494 e. The number of amides is 1. The van der Waals surface area contributed by atoms with E-state index in [2.05, 4.69) is 5.16 Å². The second-order valence-electron chi connectivity index (χ2n) is 4.85. The average molecular weight is 296 g/mol. The summed E-state index contributed by atoms with van der Waals surface area (Å²) < 4.78 is 19.2. The van der Waals surface area contributed by atoms with Gasteiger partial charge in [-0.1, -0.05) is 11.2 Å². The standard InChI is InChI=1S/C14H17FN2O4/c1-21-11-4-2-3-10(12(11)15)13(16-20)9-5-7-17(8-6-9)14(18)19/h2-4,9,20H,5-8H2,1H3,(H,18,19). The predicted octanol–water partition coefficient (Wildman–Crippen LogP) is 2.40. The van der Waals surface area contributed by atoms with E-state index >= 15 is 0 Å². The van der Waals surface area contributed by atoms with Gasteiger partial charge in [-0.25, -0.2) is 9.18 Å². The Balaban J connectivity index is 2.21. The molecular formula is C14H17FN2O4. The highest BCUT2D eigenvalue weighted by Gasteiger charge is 2.28. The van der Waals surface area contributed by atoms with Gasteiger partial charge in [0.25, 0.3) is 0 Å². The van der Waals surface area contributed by atoms with Gasteiger partial charge in [-0.05, 0) is 25.0 Å². The number of nitrogens with zero attached hydrogens (tertiary/aromatic N) is 2. The Morgan fingerprint density at radius 2 is 2.10 bits per heavy atom. The third-order valence-corrected chi connectivity index (χ3v) is 3.72. The van der Waals surface area contributed by atoms with Gasteiger partial charge in [-0.3, -0.25) is 0 Å². The smallest absolute Gasteiger partial charge is 0.407 e. The lowest BCUT2D eigenvalue weighted by Crippen LogP contribution is -2.39. The molecule has 6 nitrogen and oxygen atoms in total. The SMILES string of the molecule is COc1cccc(C(=NO)C2CCN(C(=O)O)CC2)c1F. The number of halogens is 1. The van der Waals surface area contributed by atoms with Crippen molar-refractivity contribution in [2.45, 2.75) is 12.8 Å². The monoisotopic (exact) mass is 296 g/mol. The van der Waals surface area contributed by atoms with Gasteiger partial charge in [0.05, 0.1) is 12.8 Å². The topological polar surface area (TPSA) is 82.4 Å². The maximum atomic E-state index is 14.2. The zero-order chi connectivity index (χ0) is 15.4. The predicted molar refractivity (Wildman–Crippen MR) is 73.6 cm³/mol. The van der Waals surface area contributed by atoms with E-state index in [1.54, 1.807) is 6.07 Å². The van der Waals surface area contributed by atoms with Crippen LogP contribution in [-0.2, 0) is 0 Å². The van der Waals surface area contributed by atoms with Crippen LogP contribution in [0.25, 0.3) is 0 Å². The van der Waals surface area contributed by atoms with Crippen LogP contribution in [0.4, 0.5) is 9.18 Å². The molecule has 1 aliphatic heterocycles. The molecule has 0 radical (unpaired) electrons. The van der Waals surface area contributed by atoms with Gasteiger partial charge < -0.3 is 20.0 Å². The summed E-state index contributed by atoms with van der Waals surface area (Å²) in [5.41, 5.74) is 0.419. The summed E-state index contributed by atoms with van der Waals surface area (Å²) in [6.07, 6.45) is 0.00789. The number of hydrogen-bond donors (Lipinski definition) is 2. The Kier molecular flexibility index (Phi) is 4.62. The quantitative estimate of drug-likeness (QED) is 0.510. The second kappa shape index (κ2) is 6.43. The number of likely N-dealkylation sites (tertiary alicyclic amines) is 1. The first kappa shape index (κ1) is 15.1. The molecule has 0 atom stereocenters. The van der Waals surface area contributed by atoms with Crippen molar-refractivity contribution in [1.82, 2.24) is 4.90 Å². The number of benzene rings is 1. The highest BCUT2D eigenvalue weighted by molar-refractivity contribution is 6.02. The number of piperidine rings is 1. The summed E-state index contributed by atoms with van der Waals surface area (Å²) in [6, 6.07) is 4.63. The van der Waals surface area contributed by atoms with E-state index in [1.807, 2.05) is 0 Å². The molecule has 1 heterocycles. The van der Waals surface area contributed by atoms with Gasteiger partial charge >= 0.3 is 6.09 Å². The van der Waals surface area contributed by atoms with E-state index in [1.165, 1.54) is 24.1 Å². The van der Waals surface area contributed by atoms with Gasteiger partial charge in [-0.2, -0.15) is 0 Å². The highest BCUT2D eigenvalue weighted by atomic mass is 19.1. The molecule has 21 heavy (non-hydrogen) atoms. The number of ether oxygens (including phenoxy) is 1. The Bertz CT molecular complexity index is 554. The van der Waals surface area contributed by atoms with Gasteiger partial charge in [0.1, 0.15) is 0 Å².